The van der Waals surface area contributed by atoms with Gasteiger partial charge in [-0.3, -0.25) is 4.79 Å². The second-order valence-corrected chi connectivity index (χ2v) is 5.13. The Kier molecular flexibility index (Phi) is 4.56. The minimum absolute atomic E-state index is 0.0957. The summed E-state index contributed by atoms with van der Waals surface area (Å²) in [4.78, 5) is 12.4. The van der Waals surface area contributed by atoms with Gasteiger partial charge in [0.1, 0.15) is 23.9 Å². The largest absolute Gasteiger partial charge is 0.489 e. The van der Waals surface area contributed by atoms with E-state index >= 15 is 0 Å². The minimum Gasteiger partial charge on any atom is -0.489 e. The number of carbonyl (C=O) groups excluding carboxylic acids is 1. The van der Waals surface area contributed by atoms with Gasteiger partial charge in [0.05, 0.1) is 5.56 Å². The number of carbonyl (C=O) groups is 1. The van der Waals surface area contributed by atoms with Crippen LogP contribution in [0.15, 0.2) is 59.1 Å². The molecule has 1 aromatic heterocycles. The quantitative estimate of drug-likeness (QED) is 0.771. The summed E-state index contributed by atoms with van der Waals surface area (Å²) >= 11 is 0. The number of amides is 1. The first-order chi connectivity index (χ1) is 11.6. The van der Waals surface area contributed by atoms with Gasteiger partial charge < -0.3 is 14.6 Å². The molecule has 0 spiro atoms. The standard InChI is InChI=1S/C18H15FN2O3/c1-12-16(11-23-15-9-7-13(19)8-10-15)17(21-24-12)18(22)20-14-5-3-2-4-6-14/h2-10H,11H2,1H3,(H,20,22). The van der Waals surface area contributed by atoms with Crippen LogP contribution in [0.3, 0.4) is 0 Å². The van der Waals surface area contributed by atoms with Crippen LogP contribution in [-0.2, 0) is 6.61 Å². The molecule has 2 aromatic carbocycles. The van der Waals surface area contributed by atoms with E-state index < -0.39 is 0 Å². The molecular formula is C18H15FN2O3. The predicted octanol–water partition coefficient (Wildman–Crippen LogP) is 3.95. The average Bonchev–Trinajstić information content (AvgIpc) is 2.96. The molecule has 0 radical (unpaired) electrons. The molecule has 0 saturated heterocycles. The molecule has 1 amide bonds. The Morgan fingerprint density at radius 2 is 1.88 bits per heavy atom. The van der Waals surface area contributed by atoms with E-state index in [1.807, 2.05) is 18.2 Å². The maximum absolute atomic E-state index is 12.9. The Labute approximate surface area is 138 Å². The molecule has 0 fully saturated rings. The molecular weight excluding hydrogens is 311 g/mol. The van der Waals surface area contributed by atoms with Crippen LogP contribution in [0.5, 0.6) is 5.75 Å². The summed E-state index contributed by atoms with van der Waals surface area (Å²) in [7, 11) is 0. The summed E-state index contributed by atoms with van der Waals surface area (Å²) in [6.07, 6.45) is 0. The molecule has 1 N–H and O–H groups in total. The van der Waals surface area contributed by atoms with Crippen molar-refractivity contribution >= 4 is 11.6 Å². The Balaban J connectivity index is 1.73. The molecule has 0 aliphatic rings. The molecule has 5 nitrogen and oxygen atoms in total. The first-order valence-electron chi connectivity index (χ1n) is 7.33. The molecule has 0 bridgehead atoms. The number of nitrogens with zero attached hydrogens (tertiary/aromatic N) is 1. The molecule has 0 unspecified atom stereocenters. The highest BCUT2D eigenvalue weighted by molar-refractivity contribution is 6.03. The molecule has 0 saturated carbocycles. The third-order valence-electron chi connectivity index (χ3n) is 3.43. The van der Waals surface area contributed by atoms with Gasteiger partial charge in [-0.05, 0) is 43.3 Å². The topological polar surface area (TPSA) is 64.4 Å². The van der Waals surface area contributed by atoms with Crippen molar-refractivity contribution < 1.29 is 18.4 Å². The first-order valence-corrected chi connectivity index (χ1v) is 7.33. The number of nitrogens with one attached hydrogen (secondary N) is 1. The highest BCUT2D eigenvalue weighted by atomic mass is 19.1. The predicted molar refractivity (Wildman–Crippen MR) is 86.4 cm³/mol. The fourth-order valence-electron chi connectivity index (χ4n) is 2.14. The van der Waals surface area contributed by atoms with Gasteiger partial charge in [-0.15, -0.1) is 0 Å². The second-order valence-electron chi connectivity index (χ2n) is 5.13. The van der Waals surface area contributed by atoms with E-state index in [4.69, 9.17) is 9.26 Å². The van der Waals surface area contributed by atoms with Gasteiger partial charge in [0.2, 0.25) is 0 Å². The number of hydrogen-bond acceptors (Lipinski definition) is 4. The zero-order chi connectivity index (χ0) is 16.9. The molecule has 122 valence electrons. The lowest BCUT2D eigenvalue weighted by atomic mass is 10.2. The maximum Gasteiger partial charge on any atom is 0.278 e. The molecule has 0 aliphatic carbocycles. The Hall–Kier alpha value is -3.15. The number of anilines is 1. The number of aromatic nitrogens is 1. The monoisotopic (exact) mass is 326 g/mol. The summed E-state index contributed by atoms with van der Waals surface area (Å²) in [6, 6.07) is 14.7. The third-order valence-corrected chi connectivity index (χ3v) is 3.43. The molecule has 1 heterocycles. The SMILES string of the molecule is Cc1onc(C(=O)Nc2ccccc2)c1COc1ccc(F)cc1. The van der Waals surface area contributed by atoms with Crippen molar-refractivity contribution in [3.05, 3.63) is 77.4 Å². The minimum atomic E-state index is -0.379. The molecule has 6 heteroatoms. The zero-order valence-electron chi connectivity index (χ0n) is 13.0. The number of aryl methyl sites for hydroxylation is 1. The van der Waals surface area contributed by atoms with Crippen LogP contribution in [0.1, 0.15) is 21.8 Å². The van der Waals surface area contributed by atoms with Crippen LogP contribution in [0.2, 0.25) is 0 Å². The van der Waals surface area contributed by atoms with Crippen molar-refractivity contribution in [2.24, 2.45) is 0 Å². The van der Waals surface area contributed by atoms with E-state index in [9.17, 15) is 9.18 Å². The highest BCUT2D eigenvalue weighted by Crippen LogP contribution is 2.19. The van der Waals surface area contributed by atoms with Crippen molar-refractivity contribution in [2.45, 2.75) is 13.5 Å². The van der Waals surface area contributed by atoms with Crippen LogP contribution < -0.4 is 10.1 Å². The summed E-state index contributed by atoms with van der Waals surface area (Å²) < 4.78 is 23.6. The van der Waals surface area contributed by atoms with Gasteiger partial charge in [-0.2, -0.15) is 0 Å². The Morgan fingerprint density at radius 1 is 1.17 bits per heavy atom. The van der Waals surface area contributed by atoms with Crippen LogP contribution in [0.25, 0.3) is 0 Å². The lowest BCUT2D eigenvalue weighted by Crippen LogP contribution is -2.15. The van der Waals surface area contributed by atoms with Gasteiger partial charge in [0, 0.05) is 5.69 Å². The lowest BCUT2D eigenvalue weighted by molar-refractivity contribution is 0.101. The van der Waals surface area contributed by atoms with Gasteiger partial charge in [0.25, 0.3) is 5.91 Å². The number of hydrogen-bond donors (Lipinski definition) is 1. The number of benzene rings is 2. The van der Waals surface area contributed by atoms with E-state index in [1.165, 1.54) is 24.3 Å². The maximum atomic E-state index is 12.9. The van der Waals surface area contributed by atoms with Crippen molar-refractivity contribution in [1.82, 2.24) is 5.16 Å². The fourth-order valence-corrected chi connectivity index (χ4v) is 2.14. The smallest absolute Gasteiger partial charge is 0.278 e. The van der Waals surface area contributed by atoms with Gasteiger partial charge in [0.15, 0.2) is 5.69 Å². The van der Waals surface area contributed by atoms with Crippen LogP contribution in [-0.4, -0.2) is 11.1 Å². The van der Waals surface area contributed by atoms with E-state index in [-0.39, 0.29) is 24.0 Å². The van der Waals surface area contributed by atoms with Crippen molar-refractivity contribution in [3.8, 4) is 5.75 Å². The summed E-state index contributed by atoms with van der Waals surface area (Å²) in [5.41, 5.74) is 1.37. The summed E-state index contributed by atoms with van der Waals surface area (Å²) in [5.74, 6) is 0.268. The van der Waals surface area contributed by atoms with Crippen molar-refractivity contribution in [3.63, 3.8) is 0 Å². The number of ether oxygens (including phenoxy) is 1. The fraction of sp³-hybridized carbons (Fsp3) is 0.111. The number of halogens is 1. The molecule has 0 atom stereocenters. The number of para-hydroxylation sites is 1. The van der Waals surface area contributed by atoms with Crippen molar-refractivity contribution in [2.75, 3.05) is 5.32 Å². The summed E-state index contributed by atoms with van der Waals surface area (Å²) in [5, 5.41) is 6.56. The number of rotatable bonds is 5. The Morgan fingerprint density at radius 3 is 2.58 bits per heavy atom. The normalized spacial score (nSPS) is 10.4. The van der Waals surface area contributed by atoms with Crippen LogP contribution in [0.4, 0.5) is 10.1 Å². The van der Waals surface area contributed by atoms with Gasteiger partial charge >= 0.3 is 0 Å². The molecule has 3 aromatic rings. The van der Waals surface area contributed by atoms with Crippen molar-refractivity contribution in [1.29, 1.82) is 0 Å². The second kappa shape index (κ2) is 6.95. The van der Waals surface area contributed by atoms with E-state index in [1.54, 1.807) is 19.1 Å². The molecule has 0 aliphatic heterocycles. The highest BCUT2D eigenvalue weighted by Gasteiger charge is 2.20. The van der Waals surface area contributed by atoms with E-state index in [0.29, 0.717) is 22.8 Å². The molecule has 24 heavy (non-hydrogen) atoms. The lowest BCUT2D eigenvalue weighted by Gasteiger charge is -2.07. The van der Waals surface area contributed by atoms with E-state index in [0.717, 1.165) is 0 Å². The van der Waals surface area contributed by atoms with Crippen LogP contribution >= 0.6 is 0 Å². The van der Waals surface area contributed by atoms with Gasteiger partial charge in [-0.1, -0.05) is 23.4 Å². The average molecular weight is 326 g/mol. The first kappa shape index (κ1) is 15.7. The zero-order valence-corrected chi connectivity index (χ0v) is 13.0. The summed E-state index contributed by atoms with van der Waals surface area (Å²) in [6.45, 7) is 1.80. The molecule has 3 rings (SSSR count). The Bertz CT molecular complexity index is 829. The third kappa shape index (κ3) is 3.60. The van der Waals surface area contributed by atoms with Gasteiger partial charge in [-0.25, -0.2) is 4.39 Å². The van der Waals surface area contributed by atoms with E-state index in [2.05, 4.69) is 10.5 Å². The van der Waals surface area contributed by atoms with Crippen LogP contribution in [0, 0.1) is 12.7 Å².